The summed E-state index contributed by atoms with van der Waals surface area (Å²) in [6, 6.07) is 0.265. The fourth-order valence-corrected chi connectivity index (χ4v) is 3.30. The van der Waals surface area contributed by atoms with E-state index in [1.54, 1.807) is 0 Å². The summed E-state index contributed by atoms with van der Waals surface area (Å²) in [5.41, 5.74) is 6.25. The molecule has 0 spiro atoms. The maximum absolute atomic E-state index is 6.25. The molecule has 2 heteroatoms. The van der Waals surface area contributed by atoms with Gasteiger partial charge in [0.15, 0.2) is 0 Å². The van der Waals surface area contributed by atoms with Crippen LogP contribution in [-0.4, -0.2) is 18.8 Å². The Morgan fingerprint density at radius 3 is 2.00 bits per heavy atom. The van der Waals surface area contributed by atoms with Crippen LogP contribution in [0.15, 0.2) is 0 Å². The third-order valence-electron chi connectivity index (χ3n) is 4.76. The third kappa shape index (κ3) is 7.64. The summed E-state index contributed by atoms with van der Waals surface area (Å²) in [5.74, 6) is 0.660. The highest BCUT2D eigenvalue weighted by Crippen LogP contribution is 2.24. The third-order valence-corrected chi connectivity index (χ3v) is 4.76. The van der Waals surface area contributed by atoms with Crippen LogP contribution >= 0.6 is 0 Å². The molecule has 0 bridgehead atoms. The SMILES string of the molecule is CCCCCCCCCCCCC(N)C1OCCC1C. The van der Waals surface area contributed by atoms with Crippen molar-refractivity contribution in [3.63, 3.8) is 0 Å². The van der Waals surface area contributed by atoms with Gasteiger partial charge in [0.1, 0.15) is 0 Å². The number of ether oxygens (including phenoxy) is 1. The zero-order valence-corrected chi connectivity index (χ0v) is 13.9. The van der Waals surface area contributed by atoms with Gasteiger partial charge in [0.2, 0.25) is 0 Å². The molecule has 1 heterocycles. The minimum Gasteiger partial charge on any atom is -0.376 e. The number of rotatable bonds is 12. The molecule has 0 aromatic heterocycles. The van der Waals surface area contributed by atoms with Gasteiger partial charge in [0.05, 0.1) is 6.10 Å². The Labute approximate surface area is 126 Å². The van der Waals surface area contributed by atoms with E-state index in [-0.39, 0.29) is 6.04 Å². The molecule has 1 fully saturated rings. The second kappa shape index (κ2) is 11.6. The predicted molar refractivity (Wildman–Crippen MR) is 88.0 cm³/mol. The van der Waals surface area contributed by atoms with Crippen molar-refractivity contribution >= 4 is 0 Å². The van der Waals surface area contributed by atoms with Gasteiger partial charge in [-0.3, -0.25) is 0 Å². The lowest BCUT2D eigenvalue weighted by atomic mass is 9.94. The largest absolute Gasteiger partial charge is 0.376 e. The molecule has 0 saturated carbocycles. The summed E-state index contributed by atoms with van der Waals surface area (Å²) in [6.07, 6.45) is 16.6. The first-order valence-electron chi connectivity index (χ1n) is 9.13. The molecule has 120 valence electrons. The van der Waals surface area contributed by atoms with Gasteiger partial charge in [-0.1, -0.05) is 78.1 Å². The van der Waals surface area contributed by atoms with Gasteiger partial charge >= 0.3 is 0 Å². The zero-order valence-electron chi connectivity index (χ0n) is 13.9. The van der Waals surface area contributed by atoms with Crippen molar-refractivity contribution in [1.82, 2.24) is 0 Å². The van der Waals surface area contributed by atoms with Gasteiger partial charge in [-0.05, 0) is 18.8 Å². The van der Waals surface area contributed by atoms with E-state index < -0.39 is 0 Å². The minimum atomic E-state index is 0.265. The molecule has 1 rings (SSSR count). The van der Waals surface area contributed by atoms with Gasteiger partial charge in [-0.25, -0.2) is 0 Å². The molecule has 0 aromatic carbocycles. The Morgan fingerprint density at radius 2 is 1.50 bits per heavy atom. The first kappa shape index (κ1) is 18.0. The van der Waals surface area contributed by atoms with E-state index in [1.807, 2.05) is 0 Å². The molecule has 3 atom stereocenters. The molecule has 1 saturated heterocycles. The molecule has 0 amide bonds. The number of hydrogen-bond acceptors (Lipinski definition) is 2. The fraction of sp³-hybridized carbons (Fsp3) is 1.00. The average Bonchev–Trinajstić information content (AvgIpc) is 2.87. The zero-order chi connectivity index (χ0) is 14.6. The van der Waals surface area contributed by atoms with Crippen molar-refractivity contribution in [1.29, 1.82) is 0 Å². The van der Waals surface area contributed by atoms with Gasteiger partial charge < -0.3 is 10.5 Å². The number of hydrogen-bond donors (Lipinski definition) is 1. The van der Waals surface area contributed by atoms with Crippen molar-refractivity contribution in [3.05, 3.63) is 0 Å². The lowest BCUT2D eigenvalue weighted by Crippen LogP contribution is -2.37. The molecule has 0 radical (unpaired) electrons. The van der Waals surface area contributed by atoms with E-state index in [0.717, 1.165) is 13.0 Å². The molecule has 0 aliphatic carbocycles. The van der Waals surface area contributed by atoms with E-state index in [1.165, 1.54) is 70.6 Å². The van der Waals surface area contributed by atoms with E-state index in [9.17, 15) is 0 Å². The molecule has 3 unspecified atom stereocenters. The van der Waals surface area contributed by atoms with Crippen LogP contribution in [-0.2, 0) is 4.74 Å². The first-order valence-corrected chi connectivity index (χ1v) is 9.13. The Bertz CT molecular complexity index is 219. The van der Waals surface area contributed by atoms with Crippen LogP contribution in [0.5, 0.6) is 0 Å². The van der Waals surface area contributed by atoms with Crippen molar-refractivity contribution < 1.29 is 4.74 Å². The van der Waals surface area contributed by atoms with Crippen molar-refractivity contribution in [2.24, 2.45) is 11.7 Å². The van der Waals surface area contributed by atoms with E-state index >= 15 is 0 Å². The van der Waals surface area contributed by atoms with Crippen molar-refractivity contribution in [2.45, 2.75) is 103 Å². The van der Waals surface area contributed by atoms with Crippen LogP contribution in [0.1, 0.15) is 90.9 Å². The van der Waals surface area contributed by atoms with Crippen LogP contribution in [0.25, 0.3) is 0 Å². The normalized spacial score (nSPS) is 24.1. The van der Waals surface area contributed by atoms with Crippen LogP contribution < -0.4 is 5.73 Å². The maximum Gasteiger partial charge on any atom is 0.0752 e. The molecule has 2 nitrogen and oxygen atoms in total. The summed E-state index contributed by atoms with van der Waals surface area (Å²) in [6.45, 7) is 5.47. The Kier molecular flexibility index (Phi) is 10.4. The minimum absolute atomic E-state index is 0.265. The molecule has 20 heavy (non-hydrogen) atoms. The Hall–Kier alpha value is -0.0800. The van der Waals surface area contributed by atoms with Gasteiger partial charge in [0, 0.05) is 12.6 Å². The molecule has 1 aliphatic heterocycles. The summed E-state index contributed by atoms with van der Waals surface area (Å²) >= 11 is 0. The fourth-order valence-electron chi connectivity index (χ4n) is 3.30. The molecular formula is C18H37NO. The summed E-state index contributed by atoms with van der Waals surface area (Å²) in [5, 5.41) is 0. The summed E-state index contributed by atoms with van der Waals surface area (Å²) < 4.78 is 5.74. The number of unbranched alkanes of at least 4 members (excludes halogenated alkanes) is 9. The van der Waals surface area contributed by atoms with Crippen LogP contribution in [0.4, 0.5) is 0 Å². The van der Waals surface area contributed by atoms with E-state index in [4.69, 9.17) is 10.5 Å². The van der Waals surface area contributed by atoms with Crippen molar-refractivity contribution in [3.8, 4) is 0 Å². The second-order valence-corrected chi connectivity index (χ2v) is 6.74. The van der Waals surface area contributed by atoms with Crippen LogP contribution in [0.3, 0.4) is 0 Å². The van der Waals surface area contributed by atoms with Crippen molar-refractivity contribution in [2.75, 3.05) is 6.61 Å². The number of nitrogens with two attached hydrogens (primary N) is 1. The Morgan fingerprint density at radius 1 is 0.950 bits per heavy atom. The highest BCUT2D eigenvalue weighted by Gasteiger charge is 2.29. The highest BCUT2D eigenvalue weighted by molar-refractivity contribution is 4.82. The monoisotopic (exact) mass is 283 g/mol. The quantitative estimate of drug-likeness (QED) is 0.509. The van der Waals surface area contributed by atoms with Gasteiger partial charge in [-0.15, -0.1) is 0 Å². The first-order chi connectivity index (χ1) is 9.75. The van der Waals surface area contributed by atoms with E-state index in [0.29, 0.717) is 12.0 Å². The highest BCUT2D eigenvalue weighted by atomic mass is 16.5. The van der Waals surface area contributed by atoms with Crippen LogP contribution in [0.2, 0.25) is 0 Å². The van der Waals surface area contributed by atoms with Gasteiger partial charge in [-0.2, -0.15) is 0 Å². The summed E-state index contributed by atoms with van der Waals surface area (Å²) in [4.78, 5) is 0. The molecule has 2 N–H and O–H groups in total. The standard InChI is InChI=1S/C18H37NO/c1-3-4-5-6-7-8-9-10-11-12-13-17(19)18-16(2)14-15-20-18/h16-18H,3-15,19H2,1-2H3. The van der Waals surface area contributed by atoms with E-state index in [2.05, 4.69) is 13.8 Å². The molecular weight excluding hydrogens is 246 g/mol. The molecule has 1 aliphatic rings. The Balaban J connectivity index is 1.84. The molecule has 0 aromatic rings. The topological polar surface area (TPSA) is 35.2 Å². The van der Waals surface area contributed by atoms with Gasteiger partial charge in [0.25, 0.3) is 0 Å². The predicted octanol–water partition coefficient (Wildman–Crippen LogP) is 5.05. The summed E-state index contributed by atoms with van der Waals surface area (Å²) in [7, 11) is 0. The second-order valence-electron chi connectivity index (χ2n) is 6.74. The maximum atomic E-state index is 6.25. The lowest BCUT2D eigenvalue weighted by molar-refractivity contribution is 0.0694. The average molecular weight is 283 g/mol. The lowest BCUT2D eigenvalue weighted by Gasteiger charge is -2.22. The van der Waals surface area contributed by atoms with Crippen LogP contribution in [0, 0.1) is 5.92 Å². The smallest absolute Gasteiger partial charge is 0.0752 e.